The molecule has 1 aromatic carbocycles. The van der Waals surface area contributed by atoms with Crippen LogP contribution in [0.3, 0.4) is 0 Å². The predicted molar refractivity (Wildman–Crippen MR) is 61.0 cm³/mol. The van der Waals surface area contributed by atoms with Gasteiger partial charge in [0.05, 0.1) is 5.92 Å². The number of nitrogens with two attached hydrogens (primary N) is 1. The van der Waals surface area contributed by atoms with Gasteiger partial charge in [0.25, 0.3) is 5.91 Å². The van der Waals surface area contributed by atoms with Crippen LogP contribution < -0.4 is 5.84 Å². The maximum absolute atomic E-state index is 10.9. The summed E-state index contributed by atoms with van der Waals surface area (Å²) in [6.07, 6.45) is 0. The number of nitrogens with zero attached hydrogens (tertiary/aromatic N) is 2. The Bertz CT molecular complexity index is 354. The van der Waals surface area contributed by atoms with Crippen LogP contribution in [0.4, 0.5) is 0 Å². The monoisotopic (exact) mass is 221 g/mol. The molecule has 0 fully saturated rings. The van der Waals surface area contributed by atoms with Gasteiger partial charge >= 0.3 is 0 Å². The van der Waals surface area contributed by atoms with Crippen LogP contribution in [0.1, 0.15) is 12.5 Å². The molecule has 1 unspecified atom stereocenters. The zero-order valence-corrected chi connectivity index (χ0v) is 9.17. The van der Waals surface area contributed by atoms with Gasteiger partial charge in [-0.1, -0.05) is 37.3 Å². The SMILES string of the molecule is CC(CN(N)Cc1ccccc1)C(=O)N=O. The minimum absolute atomic E-state index is 0.319. The van der Waals surface area contributed by atoms with Gasteiger partial charge in [0.1, 0.15) is 0 Å². The van der Waals surface area contributed by atoms with Crippen molar-refractivity contribution in [1.82, 2.24) is 5.01 Å². The molecule has 0 heterocycles. The van der Waals surface area contributed by atoms with E-state index in [1.54, 1.807) is 6.92 Å². The summed E-state index contributed by atoms with van der Waals surface area (Å²) in [6, 6.07) is 9.66. The Labute approximate surface area is 94.2 Å². The Kier molecular flexibility index (Phi) is 4.75. The van der Waals surface area contributed by atoms with E-state index in [-0.39, 0.29) is 0 Å². The molecule has 5 nitrogen and oxygen atoms in total. The average molecular weight is 221 g/mol. The van der Waals surface area contributed by atoms with Crippen molar-refractivity contribution in [2.45, 2.75) is 13.5 Å². The molecule has 0 aliphatic heterocycles. The number of nitroso groups, excluding NO2 is 1. The Morgan fingerprint density at radius 1 is 1.44 bits per heavy atom. The van der Waals surface area contributed by atoms with E-state index in [4.69, 9.17) is 5.84 Å². The molecule has 0 bridgehead atoms. The quantitative estimate of drug-likeness (QED) is 0.462. The van der Waals surface area contributed by atoms with Crippen LogP contribution in [0.15, 0.2) is 35.5 Å². The van der Waals surface area contributed by atoms with Gasteiger partial charge in [-0.05, 0) is 5.56 Å². The van der Waals surface area contributed by atoms with E-state index in [2.05, 4.69) is 5.18 Å². The van der Waals surface area contributed by atoms with Crippen molar-refractivity contribution >= 4 is 5.91 Å². The summed E-state index contributed by atoms with van der Waals surface area (Å²) in [5, 5.41) is 3.88. The molecule has 2 N–H and O–H groups in total. The molecule has 1 atom stereocenters. The Morgan fingerprint density at radius 3 is 2.62 bits per heavy atom. The summed E-state index contributed by atoms with van der Waals surface area (Å²) in [6.45, 7) is 2.49. The van der Waals surface area contributed by atoms with E-state index in [1.807, 2.05) is 30.3 Å². The lowest BCUT2D eigenvalue weighted by Crippen LogP contribution is -2.36. The van der Waals surface area contributed by atoms with Crippen molar-refractivity contribution in [3.05, 3.63) is 40.8 Å². The lowest BCUT2D eigenvalue weighted by atomic mass is 10.1. The highest BCUT2D eigenvalue weighted by atomic mass is 16.3. The molecule has 1 aromatic rings. The lowest BCUT2D eigenvalue weighted by Gasteiger charge is -2.18. The van der Waals surface area contributed by atoms with Gasteiger partial charge in [0.2, 0.25) is 0 Å². The summed E-state index contributed by atoms with van der Waals surface area (Å²) >= 11 is 0. The van der Waals surface area contributed by atoms with Gasteiger partial charge in [-0.25, -0.2) is 5.01 Å². The average Bonchev–Trinajstić information content (AvgIpc) is 2.29. The lowest BCUT2D eigenvalue weighted by molar-refractivity contribution is -0.121. The molecule has 0 saturated heterocycles. The van der Waals surface area contributed by atoms with Gasteiger partial charge in [-0.2, -0.15) is 0 Å². The molecule has 16 heavy (non-hydrogen) atoms. The summed E-state index contributed by atoms with van der Waals surface area (Å²) in [5.74, 6) is 4.61. The fourth-order valence-electron chi connectivity index (χ4n) is 1.40. The van der Waals surface area contributed by atoms with Gasteiger partial charge in [0.15, 0.2) is 0 Å². The maximum Gasteiger partial charge on any atom is 0.290 e. The third-order valence-corrected chi connectivity index (χ3v) is 2.25. The normalized spacial score (nSPS) is 12.4. The van der Waals surface area contributed by atoms with Crippen LogP contribution in [-0.4, -0.2) is 17.5 Å². The molecular formula is C11H15N3O2. The molecule has 1 rings (SSSR count). The fraction of sp³-hybridized carbons (Fsp3) is 0.364. The first-order valence-electron chi connectivity index (χ1n) is 5.04. The van der Waals surface area contributed by atoms with E-state index in [0.717, 1.165) is 5.56 Å². The highest BCUT2D eigenvalue weighted by molar-refractivity contribution is 5.79. The standard InChI is InChI=1S/C11H15N3O2/c1-9(11(15)13-16)7-14(12)8-10-5-3-2-4-6-10/h2-6,9H,7-8,12H2,1H3. The molecular weight excluding hydrogens is 206 g/mol. The van der Waals surface area contributed by atoms with Crippen molar-refractivity contribution in [2.75, 3.05) is 6.54 Å². The number of hydrogen-bond acceptors (Lipinski definition) is 4. The number of carbonyl (C=O) groups is 1. The first-order valence-corrected chi connectivity index (χ1v) is 5.04. The molecule has 5 heteroatoms. The Morgan fingerprint density at radius 2 is 2.06 bits per heavy atom. The first-order chi connectivity index (χ1) is 7.63. The number of carbonyl (C=O) groups excluding carboxylic acids is 1. The summed E-state index contributed by atoms with van der Waals surface area (Å²) in [5.41, 5.74) is 1.06. The van der Waals surface area contributed by atoms with Crippen molar-refractivity contribution in [3.8, 4) is 0 Å². The van der Waals surface area contributed by atoms with E-state index < -0.39 is 11.8 Å². The van der Waals surface area contributed by atoms with Crippen molar-refractivity contribution < 1.29 is 4.79 Å². The molecule has 0 aromatic heterocycles. The minimum Gasteiger partial charge on any atom is -0.269 e. The van der Waals surface area contributed by atoms with E-state index in [9.17, 15) is 9.70 Å². The molecule has 0 aliphatic rings. The zero-order chi connectivity index (χ0) is 12.0. The second-order valence-electron chi connectivity index (χ2n) is 3.75. The Hall–Kier alpha value is -1.59. The number of amides is 1. The van der Waals surface area contributed by atoms with Crippen LogP contribution in [-0.2, 0) is 11.3 Å². The maximum atomic E-state index is 10.9. The third kappa shape index (κ3) is 3.88. The minimum atomic E-state index is -0.663. The highest BCUT2D eigenvalue weighted by Gasteiger charge is 2.15. The fourth-order valence-corrected chi connectivity index (χ4v) is 1.40. The summed E-state index contributed by atoms with van der Waals surface area (Å²) < 4.78 is 0. The van der Waals surface area contributed by atoms with Crippen LogP contribution in [0, 0.1) is 10.8 Å². The highest BCUT2D eigenvalue weighted by Crippen LogP contribution is 2.05. The van der Waals surface area contributed by atoms with Gasteiger partial charge in [0, 0.05) is 18.3 Å². The summed E-state index contributed by atoms with van der Waals surface area (Å²) in [4.78, 5) is 21.0. The van der Waals surface area contributed by atoms with Gasteiger partial charge in [-0.3, -0.25) is 10.6 Å². The van der Waals surface area contributed by atoms with Gasteiger partial charge < -0.3 is 0 Å². The molecule has 1 amide bonds. The van der Waals surface area contributed by atoms with Crippen molar-refractivity contribution in [3.63, 3.8) is 0 Å². The number of rotatable bonds is 5. The van der Waals surface area contributed by atoms with E-state index >= 15 is 0 Å². The summed E-state index contributed by atoms with van der Waals surface area (Å²) in [7, 11) is 0. The smallest absolute Gasteiger partial charge is 0.269 e. The predicted octanol–water partition coefficient (Wildman–Crippen LogP) is 1.29. The van der Waals surface area contributed by atoms with Crippen LogP contribution in [0.2, 0.25) is 0 Å². The molecule has 0 spiro atoms. The van der Waals surface area contributed by atoms with Crippen molar-refractivity contribution in [2.24, 2.45) is 16.9 Å². The van der Waals surface area contributed by atoms with E-state index in [0.29, 0.717) is 13.1 Å². The van der Waals surface area contributed by atoms with Crippen molar-refractivity contribution in [1.29, 1.82) is 0 Å². The zero-order valence-electron chi connectivity index (χ0n) is 9.17. The molecule has 0 aliphatic carbocycles. The third-order valence-electron chi connectivity index (χ3n) is 2.25. The largest absolute Gasteiger partial charge is 0.290 e. The number of hydrogen-bond donors (Lipinski definition) is 1. The Balaban J connectivity index is 2.45. The molecule has 86 valence electrons. The molecule has 0 saturated carbocycles. The topological polar surface area (TPSA) is 75.8 Å². The number of hydrazine groups is 1. The van der Waals surface area contributed by atoms with Gasteiger partial charge in [-0.15, -0.1) is 4.91 Å². The van der Waals surface area contributed by atoms with Crippen LogP contribution in [0.5, 0.6) is 0 Å². The van der Waals surface area contributed by atoms with E-state index in [1.165, 1.54) is 5.01 Å². The van der Waals surface area contributed by atoms with Crippen LogP contribution in [0.25, 0.3) is 0 Å². The van der Waals surface area contributed by atoms with Crippen LogP contribution >= 0.6 is 0 Å². The second-order valence-corrected chi connectivity index (χ2v) is 3.75. The first kappa shape index (κ1) is 12.5. The molecule has 0 radical (unpaired) electrons. The number of benzene rings is 1. The second kappa shape index (κ2) is 6.09.